The SMILES string of the molecule is COCCNc1nnc(-c2ccc(OC)cc2)c(-c2ccc(OC)cc2)n1. The Balaban J connectivity index is 2.01. The molecule has 0 spiro atoms. The molecule has 140 valence electrons. The van der Waals surface area contributed by atoms with Gasteiger partial charge in [0.05, 0.1) is 20.8 Å². The summed E-state index contributed by atoms with van der Waals surface area (Å²) in [6.07, 6.45) is 0. The molecule has 2 aromatic carbocycles. The molecule has 0 bridgehead atoms. The van der Waals surface area contributed by atoms with E-state index in [9.17, 15) is 0 Å². The van der Waals surface area contributed by atoms with Gasteiger partial charge in [0, 0.05) is 24.8 Å². The average Bonchev–Trinajstić information content (AvgIpc) is 2.74. The van der Waals surface area contributed by atoms with Gasteiger partial charge < -0.3 is 19.5 Å². The summed E-state index contributed by atoms with van der Waals surface area (Å²) in [5.74, 6) is 2.02. The number of aromatic nitrogens is 3. The maximum Gasteiger partial charge on any atom is 0.243 e. The number of ether oxygens (including phenoxy) is 3. The maximum atomic E-state index is 5.25. The van der Waals surface area contributed by atoms with Gasteiger partial charge in [0.2, 0.25) is 5.95 Å². The Bertz CT molecular complexity index is 867. The van der Waals surface area contributed by atoms with Gasteiger partial charge in [-0.2, -0.15) is 0 Å². The predicted molar refractivity (Wildman–Crippen MR) is 104 cm³/mol. The third-order valence-corrected chi connectivity index (χ3v) is 4.00. The van der Waals surface area contributed by atoms with Crippen LogP contribution in [0.4, 0.5) is 5.95 Å². The highest BCUT2D eigenvalue weighted by atomic mass is 16.5. The number of nitrogens with one attached hydrogen (secondary N) is 1. The van der Waals surface area contributed by atoms with Crippen molar-refractivity contribution in [1.29, 1.82) is 0 Å². The van der Waals surface area contributed by atoms with Gasteiger partial charge in [-0.05, 0) is 48.5 Å². The van der Waals surface area contributed by atoms with E-state index in [1.165, 1.54) is 0 Å². The first-order valence-electron chi connectivity index (χ1n) is 8.51. The van der Waals surface area contributed by atoms with Gasteiger partial charge in [-0.15, -0.1) is 10.2 Å². The molecule has 0 aliphatic carbocycles. The summed E-state index contributed by atoms with van der Waals surface area (Å²) in [5, 5.41) is 11.7. The third kappa shape index (κ3) is 4.51. The van der Waals surface area contributed by atoms with Crippen molar-refractivity contribution in [2.75, 3.05) is 39.8 Å². The molecule has 0 amide bonds. The second kappa shape index (κ2) is 8.95. The second-order valence-electron chi connectivity index (χ2n) is 5.71. The average molecular weight is 366 g/mol. The van der Waals surface area contributed by atoms with Crippen LogP contribution >= 0.6 is 0 Å². The molecular weight excluding hydrogens is 344 g/mol. The van der Waals surface area contributed by atoms with Crippen molar-refractivity contribution in [3.63, 3.8) is 0 Å². The minimum atomic E-state index is 0.454. The van der Waals surface area contributed by atoms with Crippen molar-refractivity contribution in [1.82, 2.24) is 15.2 Å². The molecule has 1 heterocycles. The quantitative estimate of drug-likeness (QED) is 0.613. The first kappa shape index (κ1) is 18.6. The Morgan fingerprint density at radius 2 is 1.30 bits per heavy atom. The highest BCUT2D eigenvalue weighted by Crippen LogP contribution is 2.31. The Morgan fingerprint density at radius 1 is 0.741 bits per heavy atom. The van der Waals surface area contributed by atoms with Crippen LogP contribution in [-0.2, 0) is 4.74 Å². The molecule has 0 radical (unpaired) electrons. The molecular formula is C20H22N4O3. The van der Waals surface area contributed by atoms with Gasteiger partial charge in [0.25, 0.3) is 0 Å². The molecule has 0 fully saturated rings. The van der Waals surface area contributed by atoms with Crippen molar-refractivity contribution in [3.8, 4) is 34.0 Å². The number of hydrogen-bond donors (Lipinski definition) is 1. The van der Waals surface area contributed by atoms with Crippen molar-refractivity contribution >= 4 is 5.95 Å². The minimum Gasteiger partial charge on any atom is -0.497 e. The van der Waals surface area contributed by atoms with E-state index in [-0.39, 0.29) is 0 Å². The molecule has 27 heavy (non-hydrogen) atoms. The Morgan fingerprint density at radius 3 is 1.81 bits per heavy atom. The van der Waals surface area contributed by atoms with Gasteiger partial charge in [0.15, 0.2) is 0 Å². The fourth-order valence-corrected chi connectivity index (χ4v) is 2.56. The van der Waals surface area contributed by atoms with E-state index in [0.29, 0.717) is 24.8 Å². The highest BCUT2D eigenvalue weighted by molar-refractivity contribution is 5.78. The van der Waals surface area contributed by atoms with Gasteiger partial charge in [-0.3, -0.25) is 0 Å². The molecule has 0 aliphatic heterocycles. The largest absolute Gasteiger partial charge is 0.497 e. The van der Waals surface area contributed by atoms with Crippen LogP contribution in [0.1, 0.15) is 0 Å². The molecule has 0 aliphatic rings. The summed E-state index contributed by atoms with van der Waals surface area (Å²) in [7, 11) is 4.93. The van der Waals surface area contributed by atoms with E-state index in [2.05, 4.69) is 20.5 Å². The maximum absolute atomic E-state index is 5.25. The van der Waals surface area contributed by atoms with Crippen LogP contribution in [0.3, 0.4) is 0 Å². The summed E-state index contributed by atoms with van der Waals surface area (Å²) >= 11 is 0. The summed E-state index contributed by atoms with van der Waals surface area (Å²) in [4.78, 5) is 4.68. The van der Waals surface area contributed by atoms with E-state index in [0.717, 1.165) is 28.3 Å². The molecule has 7 heteroatoms. The van der Waals surface area contributed by atoms with Crippen LogP contribution in [0.5, 0.6) is 11.5 Å². The molecule has 3 rings (SSSR count). The summed E-state index contributed by atoms with van der Waals surface area (Å²) in [5.41, 5.74) is 3.26. The number of hydrogen-bond acceptors (Lipinski definition) is 7. The van der Waals surface area contributed by atoms with Crippen molar-refractivity contribution in [2.24, 2.45) is 0 Å². The van der Waals surface area contributed by atoms with Gasteiger partial charge >= 0.3 is 0 Å². The molecule has 1 aromatic heterocycles. The van der Waals surface area contributed by atoms with Crippen LogP contribution < -0.4 is 14.8 Å². The first-order chi connectivity index (χ1) is 13.2. The fraction of sp³-hybridized carbons (Fsp3) is 0.250. The Hall–Kier alpha value is -3.19. The van der Waals surface area contributed by atoms with Crippen molar-refractivity contribution in [2.45, 2.75) is 0 Å². The number of benzene rings is 2. The Labute approximate surface area is 158 Å². The highest BCUT2D eigenvalue weighted by Gasteiger charge is 2.14. The van der Waals surface area contributed by atoms with Crippen LogP contribution in [0, 0.1) is 0 Å². The number of anilines is 1. The predicted octanol–water partition coefficient (Wildman–Crippen LogP) is 3.28. The zero-order chi connectivity index (χ0) is 19.1. The van der Waals surface area contributed by atoms with Crippen LogP contribution in [-0.4, -0.2) is 49.7 Å². The zero-order valence-corrected chi connectivity index (χ0v) is 15.6. The van der Waals surface area contributed by atoms with Gasteiger partial charge in [-0.1, -0.05) is 0 Å². The summed E-state index contributed by atoms with van der Waals surface area (Å²) < 4.78 is 15.5. The minimum absolute atomic E-state index is 0.454. The smallest absolute Gasteiger partial charge is 0.243 e. The lowest BCUT2D eigenvalue weighted by Crippen LogP contribution is -2.12. The second-order valence-corrected chi connectivity index (χ2v) is 5.71. The normalized spacial score (nSPS) is 10.5. The summed E-state index contributed by atoms with van der Waals surface area (Å²) in [6, 6.07) is 15.4. The fourth-order valence-electron chi connectivity index (χ4n) is 2.56. The number of rotatable bonds is 8. The molecule has 0 unspecified atom stereocenters. The van der Waals surface area contributed by atoms with Crippen LogP contribution in [0.25, 0.3) is 22.5 Å². The number of methoxy groups -OCH3 is 3. The third-order valence-electron chi connectivity index (χ3n) is 4.00. The molecule has 0 saturated heterocycles. The molecule has 0 atom stereocenters. The first-order valence-corrected chi connectivity index (χ1v) is 8.51. The molecule has 1 N–H and O–H groups in total. The lowest BCUT2D eigenvalue weighted by atomic mass is 10.0. The van der Waals surface area contributed by atoms with Crippen molar-refractivity contribution < 1.29 is 14.2 Å². The zero-order valence-electron chi connectivity index (χ0n) is 15.6. The van der Waals surface area contributed by atoms with Crippen LogP contribution in [0.15, 0.2) is 48.5 Å². The number of nitrogens with zero attached hydrogens (tertiary/aromatic N) is 3. The standard InChI is InChI=1S/C20H22N4O3/c1-25-13-12-21-20-22-18(14-4-8-16(26-2)9-5-14)19(23-24-20)15-6-10-17(27-3)11-7-15/h4-11H,12-13H2,1-3H3,(H,21,22,24). The van der Waals surface area contributed by atoms with E-state index < -0.39 is 0 Å². The van der Waals surface area contributed by atoms with Gasteiger partial charge in [0.1, 0.15) is 22.9 Å². The van der Waals surface area contributed by atoms with E-state index in [1.807, 2.05) is 48.5 Å². The molecule has 3 aromatic rings. The molecule has 0 saturated carbocycles. The van der Waals surface area contributed by atoms with Crippen LogP contribution in [0.2, 0.25) is 0 Å². The van der Waals surface area contributed by atoms with Gasteiger partial charge in [-0.25, -0.2) is 4.98 Å². The lowest BCUT2D eigenvalue weighted by Gasteiger charge is -2.11. The van der Waals surface area contributed by atoms with E-state index >= 15 is 0 Å². The Kier molecular flexibility index (Phi) is 6.17. The monoisotopic (exact) mass is 366 g/mol. The lowest BCUT2D eigenvalue weighted by molar-refractivity contribution is 0.210. The molecule has 7 nitrogen and oxygen atoms in total. The summed E-state index contributed by atoms with van der Waals surface area (Å²) in [6.45, 7) is 1.16. The topological polar surface area (TPSA) is 78.4 Å². The van der Waals surface area contributed by atoms with Crippen molar-refractivity contribution in [3.05, 3.63) is 48.5 Å². The van der Waals surface area contributed by atoms with E-state index in [1.54, 1.807) is 21.3 Å². The van der Waals surface area contributed by atoms with E-state index in [4.69, 9.17) is 14.2 Å².